The van der Waals surface area contributed by atoms with Crippen molar-refractivity contribution in [1.82, 2.24) is 0 Å². The van der Waals surface area contributed by atoms with E-state index in [-0.39, 0.29) is 11.7 Å². The summed E-state index contributed by atoms with van der Waals surface area (Å²) in [6.07, 6.45) is 0.933. The summed E-state index contributed by atoms with van der Waals surface area (Å²) in [6.45, 7) is 4.11. The van der Waals surface area contributed by atoms with E-state index in [9.17, 15) is 9.00 Å². The van der Waals surface area contributed by atoms with Crippen LogP contribution in [0.25, 0.3) is 0 Å². The highest BCUT2D eigenvalue weighted by molar-refractivity contribution is 7.78. The number of esters is 1. The molecule has 100 valence electrons. The first-order chi connectivity index (χ1) is 8.49. The molecule has 0 aliphatic carbocycles. The highest BCUT2D eigenvalue weighted by atomic mass is 32.2. The highest BCUT2D eigenvalue weighted by Gasteiger charge is 2.14. The Kier molecular flexibility index (Phi) is 5.50. The first-order valence-corrected chi connectivity index (χ1v) is 7.05. The fourth-order valence-corrected chi connectivity index (χ4v) is 2.33. The van der Waals surface area contributed by atoms with Crippen LogP contribution in [0, 0.1) is 0 Å². The molecule has 0 bridgehead atoms. The third-order valence-electron chi connectivity index (χ3n) is 2.99. The van der Waals surface area contributed by atoms with E-state index >= 15 is 0 Å². The summed E-state index contributed by atoms with van der Waals surface area (Å²) in [7, 11) is 1.31. The molecule has 4 nitrogen and oxygen atoms in total. The second-order valence-corrected chi connectivity index (χ2v) is 5.11. The van der Waals surface area contributed by atoms with E-state index in [1.54, 1.807) is 12.1 Å². The fraction of sp³-hybridized carbons (Fsp3) is 0.462. The van der Waals surface area contributed by atoms with Gasteiger partial charge in [0.25, 0.3) is 0 Å². The predicted molar refractivity (Wildman–Crippen MR) is 71.0 cm³/mol. The molecule has 18 heavy (non-hydrogen) atoms. The minimum absolute atomic E-state index is 0.0322. The second kappa shape index (κ2) is 6.66. The molecule has 1 N–H and O–H groups in total. The predicted octanol–water partition coefficient (Wildman–Crippen LogP) is 2.71. The number of ether oxygens (including phenoxy) is 1. The molecule has 2 atom stereocenters. The highest BCUT2D eigenvalue weighted by Crippen LogP contribution is 2.25. The van der Waals surface area contributed by atoms with Crippen LogP contribution in [0.5, 0.6) is 0 Å². The molecule has 1 aromatic rings. The van der Waals surface area contributed by atoms with Gasteiger partial charge in [-0.25, -0.2) is 9.00 Å². The SMILES string of the molecule is CCC(C)c1ccc(C(=O)OC)cc1CS(=O)O. The van der Waals surface area contributed by atoms with Gasteiger partial charge in [0, 0.05) is 0 Å². The van der Waals surface area contributed by atoms with Crippen LogP contribution in [0.4, 0.5) is 0 Å². The smallest absolute Gasteiger partial charge is 0.337 e. The zero-order valence-corrected chi connectivity index (χ0v) is 11.6. The standard InChI is InChI=1S/C13H18O4S/c1-4-9(2)12-6-5-10(13(14)17-3)7-11(12)8-18(15)16/h5-7,9H,4,8H2,1-3H3,(H,15,16). The molecule has 0 fully saturated rings. The average Bonchev–Trinajstić information content (AvgIpc) is 2.36. The number of carbonyl (C=O) groups excluding carboxylic acids is 1. The van der Waals surface area contributed by atoms with Crippen molar-refractivity contribution in [2.45, 2.75) is 31.9 Å². The molecule has 2 unspecified atom stereocenters. The van der Waals surface area contributed by atoms with Crippen molar-refractivity contribution in [2.75, 3.05) is 7.11 Å². The van der Waals surface area contributed by atoms with Crippen LogP contribution >= 0.6 is 0 Å². The maximum atomic E-state index is 11.4. The molecule has 0 spiro atoms. The van der Waals surface area contributed by atoms with E-state index in [4.69, 9.17) is 4.55 Å². The molecule has 0 heterocycles. The molecule has 0 aliphatic rings. The third kappa shape index (κ3) is 3.65. The molecule has 1 rings (SSSR count). The molecular weight excluding hydrogens is 252 g/mol. The lowest BCUT2D eigenvalue weighted by atomic mass is 9.93. The Morgan fingerprint density at radius 1 is 1.50 bits per heavy atom. The zero-order chi connectivity index (χ0) is 13.7. The van der Waals surface area contributed by atoms with Gasteiger partial charge in [-0.15, -0.1) is 0 Å². The van der Waals surface area contributed by atoms with Gasteiger partial charge in [-0.2, -0.15) is 0 Å². The van der Waals surface area contributed by atoms with Crippen molar-refractivity contribution in [3.05, 3.63) is 34.9 Å². The monoisotopic (exact) mass is 270 g/mol. The van der Waals surface area contributed by atoms with E-state index in [0.29, 0.717) is 5.56 Å². The Bertz CT molecular complexity index is 456. The third-order valence-corrected chi connectivity index (χ3v) is 3.54. The number of carbonyl (C=O) groups is 1. The Hall–Kier alpha value is -1.20. The van der Waals surface area contributed by atoms with Crippen molar-refractivity contribution >= 4 is 17.0 Å². The van der Waals surface area contributed by atoms with E-state index in [1.165, 1.54) is 7.11 Å². The van der Waals surface area contributed by atoms with Crippen LogP contribution < -0.4 is 0 Å². The van der Waals surface area contributed by atoms with Gasteiger partial charge in [-0.1, -0.05) is 19.9 Å². The quantitative estimate of drug-likeness (QED) is 0.660. The zero-order valence-electron chi connectivity index (χ0n) is 10.8. The lowest BCUT2D eigenvalue weighted by Crippen LogP contribution is -2.07. The van der Waals surface area contributed by atoms with E-state index in [0.717, 1.165) is 17.5 Å². The molecule has 0 radical (unpaired) electrons. The topological polar surface area (TPSA) is 63.6 Å². The Labute approximate surface area is 110 Å². The molecule has 0 aliphatic heterocycles. The van der Waals surface area contributed by atoms with Crippen LogP contribution in [-0.4, -0.2) is 21.8 Å². The van der Waals surface area contributed by atoms with E-state index < -0.39 is 17.0 Å². The van der Waals surface area contributed by atoms with Crippen LogP contribution in [0.3, 0.4) is 0 Å². The van der Waals surface area contributed by atoms with E-state index in [2.05, 4.69) is 18.6 Å². The average molecular weight is 270 g/mol. The molecule has 0 aromatic heterocycles. The van der Waals surface area contributed by atoms with Crippen molar-refractivity contribution < 1.29 is 18.3 Å². The normalized spacial score (nSPS) is 14.0. The largest absolute Gasteiger partial charge is 0.465 e. The van der Waals surface area contributed by atoms with Gasteiger partial charge in [0.2, 0.25) is 0 Å². The Morgan fingerprint density at radius 3 is 2.67 bits per heavy atom. The number of rotatable bonds is 5. The molecule has 0 saturated carbocycles. The number of benzene rings is 1. The second-order valence-electron chi connectivity index (χ2n) is 4.18. The van der Waals surface area contributed by atoms with Crippen molar-refractivity contribution in [2.24, 2.45) is 0 Å². The number of hydrogen-bond donors (Lipinski definition) is 1. The Balaban J connectivity index is 3.19. The van der Waals surface area contributed by atoms with Crippen molar-refractivity contribution in [3.8, 4) is 0 Å². The van der Waals surface area contributed by atoms with Gasteiger partial charge >= 0.3 is 5.97 Å². The summed E-state index contributed by atoms with van der Waals surface area (Å²) in [6, 6.07) is 5.17. The number of methoxy groups -OCH3 is 1. The minimum Gasteiger partial charge on any atom is -0.465 e. The Morgan fingerprint density at radius 2 is 2.17 bits per heavy atom. The van der Waals surface area contributed by atoms with Crippen LogP contribution in [-0.2, 0) is 21.6 Å². The summed E-state index contributed by atoms with van der Waals surface area (Å²) in [5, 5.41) is 0. The van der Waals surface area contributed by atoms with Crippen molar-refractivity contribution in [1.29, 1.82) is 0 Å². The molecule has 5 heteroatoms. The van der Waals surface area contributed by atoms with Gasteiger partial charge in [-0.05, 0) is 35.6 Å². The van der Waals surface area contributed by atoms with Gasteiger partial charge in [-0.3, -0.25) is 0 Å². The van der Waals surface area contributed by atoms with Gasteiger partial charge in [0.05, 0.1) is 18.4 Å². The molecule has 0 saturated heterocycles. The van der Waals surface area contributed by atoms with Gasteiger partial charge in [0.1, 0.15) is 0 Å². The minimum atomic E-state index is -1.92. The summed E-state index contributed by atoms with van der Waals surface area (Å²) < 4.78 is 24.7. The maximum absolute atomic E-state index is 11.4. The molecular formula is C13H18O4S. The van der Waals surface area contributed by atoms with Gasteiger partial charge < -0.3 is 9.29 Å². The van der Waals surface area contributed by atoms with Crippen LogP contribution in [0.2, 0.25) is 0 Å². The maximum Gasteiger partial charge on any atom is 0.337 e. The fourth-order valence-electron chi connectivity index (χ4n) is 1.81. The molecule has 1 aromatic carbocycles. The van der Waals surface area contributed by atoms with Crippen LogP contribution in [0.1, 0.15) is 47.7 Å². The van der Waals surface area contributed by atoms with Crippen LogP contribution in [0.15, 0.2) is 18.2 Å². The van der Waals surface area contributed by atoms with Crippen molar-refractivity contribution in [3.63, 3.8) is 0 Å². The van der Waals surface area contributed by atoms with E-state index in [1.807, 2.05) is 6.07 Å². The first-order valence-electron chi connectivity index (χ1n) is 5.78. The summed E-state index contributed by atoms with van der Waals surface area (Å²) >= 11 is -1.92. The molecule has 0 amide bonds. The number of hydrogen-bond acceptors (Lipinski definition) is 3. The summed E-state index contributed by atoms with van der Waals surface area (Å²) in [5.74, 6) is -0.115. The first kappa shape index (κ1) is 14.9. The lowest BCUT2D eigenvalue weighted by Gasteiger charge is -2.15. The lowest BCUT2D eigenvalue weighted by molar-refractivity contribution is 0.0600. The summed E-state index contributed by atoms with van der Waals surface area (Å²) in [4.78, 5) is 11.4. The van der Waals surface area contributed by atoms with Gasteiger partial charge in [0.15, 0.2) is 11.1 Å². The summed E-state index contributed by atoms with van der Waals surface area (Å²) in [5.41, 5.74) is 2.14.